The second-order valence-electron chi connectivity index (χ2n) is 9.27. The molecule has 34 heavy (non-hydrogen) atoms. The lowest BCUT2D eigenvalue weighted by Gasteiger charge is -2.36. The van der Waals surface area contributed by atoms with E-state index in [2.05, 4.69) is 54.4 Å². The number of nitrogens with zero attached hydrogens (tertiary/aromatic N) is 2. The van der Waals surface area contributed by atoms with Gasteiger partial charge in [-0.25, -0.2) is 0 Å². The maximum absolute atomic E-state index is 14.2. The fourth-order valence-electron chi connectivity index (χ4n) is 5.11. The first-order valence-electron chi connectivity index (χ1n) is 12.0. The highest BCUT2D eigenvalue weighted by molar-refractivity contribution is 5.92. The van der Waals surface area contributed by atoms with Gasteiger partial charge in [0.15, 0.2) is 0 Å². The van der Waals surface area contributed by atoms with Crippen molar-refractivity contribution in [3.8, 4) is 0 Å². The minimum absolute atomic E-state index is 0.122. The van der Waals surface area contributed by atoms with Gasteiger partial charge < -0.3 is 9.64 Å². The number of carbonyl (C=O) groups excluding carboxylic acids is 1. The van der Waals surface area contributed by atoms with Crippen LogP contribution in [0.5, 0.6) is 0 Å². The van der Waals surface area contributed by atoms with Crippen LogP contribution in [0.25, 0.3) is 10.8 Å². The molecule has 0 spiro atoms. The third-order valence-electron chi connectivity index (χ3n) is 7.01. The molecular weight excluding hydrogens is 420 g/mol. The van der Waals surface area contributed by atoms with Crippen LogP contribution in [-0.4, -0.2) is 42.1 Å². The Morgan fingerprint density at radius 3 is 2.29 bits per heavy atom. The predicted molar refractivity (Wildman–Crippen MR) is 136 cm³/mol. The van der Waals surface area contributed by atoms with E-state index in [9.17, 15) is 4.79 Å². The molecule has 1 fully saturated rings. The van der Waals surface area contributed by atoms with Gasteiger partial charge in [-0.05, 0) is 35.4 Å². The summed E-state index contributed by atoms with van der Waals surface area (Å²) in [4.78, 5) is 20.7. The molecule has 1 aromatic heterocycles. The van der Waals surface area contributed by atoms with Crippen molar-refractivity contribution in [1.29, 1.82) is 0 Å². The molecule has 2 heterocycles. The monoisotopic (exact) mass is 450 g/mol. The van der Waals surface area contributed by atoms with Gasteiger partial charge in [-0.1, -0.05) is 84.9 Å². The van der Waals surface area contributed by atoms with E-state index in [-0.39, 0.29) is 11.8 Å². The van der Waals surface area contributed by atoms with Crippen molar-refractivity contribution >= 4 is 16.7 Å². The van der Waals surface area contributed by atoms with E-state index in [0.717, 1.165) is 22.9 Å². The summed E-state index contributed by atoms with van der Waals surface area (Å²) >= 11 is 0. The fraction of sp³-hybridized carbons (Fsp3) is 0.267. The molecular formula is C30H30N2O2. The number of aromatic nitrogens is 1. The molecule has 0 aliphatic carbocycles. The van der Waals surface area contributed by atoms with Gasteiger partial charge in [0.2, 0.25) is 5.91 Å². The van der Waals surface area contributed by atoms with Gasteiger partial charge in [0.1, 0.15) is 0 Å². The number of fused-ring (bicyclic) bond motifs is 1. The first kappa shape index (κ1) is 22.3. The summed E-state index contributed by atoms with van der Waals surface area (Å²) < 4.78 is 5.98. The number of amides is 1. The van der Waals surface area contributed by atoms with Crippen molar-refractivity contribution in [3.05, 3.63) is 114 Å². The summed E-state index contributed by atoms with van der Waals surface area (Å²) in [5.41, 5.74) is 2.45. The Morgan fingerprint density at radius 1 is 0.941 bits per heavy atom. The van der Waals surface area contributed by atoms with Gasteiger partial charge in [0.05, 0.1) is 18.6 Å². The van der Waals surface area contributed by atoms with Gasteiger partial charge in [0.25, 0.3) is 0 Å². The van der Waals surface area contributed by atoms with Gasteiger partial charge in [0, 0.05) is 36.8 Å². The van der Waals surface area contributed by atoms with Crippen molar-refractivity contribution in [2.75, 3.05) is 26.3 Å². The Morgan fingerprint density at radius 2 is 1.59 bits per heavy atom. The molecule has 1 saturated heterocycles. The molecule has 0 bridgehead atoms. The maximum atomic E-state index is 14.2. The molecule has 1 aliphatic rings. The number of pyridine rings is 1. The Labute approximate surface area is 201 Å². The highest BCUT2D eigenvalue weighted by Gasteiger charge is 2.41. The van der Waals surface area contributed by atoms with Crippen molar-refractivity contribution in [3.63, 3.8) is 0 Å². The number of carbonyl (C=O) groups is 1. The van der Waals surface area contributed by atoms with Gasteiger partial charge >= 0.3 is 0 Å². The topological polar surface area (TPSA) is 42.4 Å². The molecule has 172 valence electrons. The normalized spacial score (nSPS) is 16.9. The van der Waals surface area contributed by atoms with Gasteiger partial charge in [-0.15, -0.1) is 0 Å². The molecule has 4 nitrogen and oxygen atoms in total. The maximum Gasteiger partial charge on any atom is 0.237 e. The van der Waals surface area contributed by atoms with E-state index in [1.165, 1.54) is 10.9 Å². The van der Waals surface area contributed by atoms with Crippen LogP contribution < -0.4 is 0 Å². The highest BCUT2D eigenvalue weighted by Crippen LogP contribution is 2.35. The standard InChI is InChI=1S/C30H30N2O2/c1-30(26-11-4-2-5-12-26,27-13-6-3-7-14-27)29(33)32-16-17-34-22-23(21-32)18-25-20-31-19-24-10-8-9-15-28(24)25/h2-15,19-20,23H,16-18,21-22H2,1H3/t23-/m0/s1. The quantitative estimate of drug-likeness (QED) is 0.417. The number of rotatable bonds is 5. The zero-order valence-corrected chi connectivity index (χ0v) is 19.6. The molecule has 4 aromatic rings. The fourth-order valence-corrected chi connectivity index (χ4v) is 5.11. The van der Waals surface area contributed by atoms with E-state index in [0.29, 0.717) is 26.3 Å². The number of ether oxygens (including phenoxy) is 1. The molecule has 0 radical (unpaired) electrons. The van der Waals surface area contributed by atoms with Crippen molar-refractivity contribution in [2.24, 2.45) is 5.92 Å². The second kappa shape index (κ2) is 9.78. The average molecular weight is 451 g/mol. The predicted octanol–water partition coefficient (Wildman–Crippen LogP) is 5.26. The molecule has 5 rings (SSSR count). The summed E-state index contributed by atoms with van der Waals surface area (Å²) in [5.74, 6) is 0.325. The molecule has 0 saturated carbocycles. The van der Waals surface area contributed by atoms with E-state index in [1.807, 2.05) is 59.8 Å². The van der Waals surface area contributed by atoms with Gasteiger partial charge in [-0.2, -0.15) is 0 Å². The molecule has 1 aliphatic heterocycles. The van der Waals surface area contributed by atoms with Crippen LogP contribution in [0.4, 0.5) is 0 Å². The van der Waals surface area contributed by atoms with Crippen LogP contribution >= 0.6 is 0 Å². The zero-order chi connectivity index (χ0) is 23.4. The Balaban J connectivity index is 1.45. The third kappa shape index (κ3) is 4.34. The van der Waals surface area contributed by atoms with Crippen molar-refractivity contribution in [2.45, 2.75) is 18.8 Å². The Bertz CT molecular complexity index is 1210. The largest absolute Gasteiger partial charge is 0.379 e. The minimum Gasteiger partial charge on any atom is -0.379 e. The summed E-state index contributed by atoms with van der Waals surface area (Å²) in [6.07, 6.45) is 4.69. The molecule has 0 N–H and O–H groups in total. The highest BCUT2D eigenvalue weighted by atomic mass is 16.5. The Hall–Kier alpha value is -3.50. The smallest absolute Gasteiger partial charge is 0.237 e. The third-order valence-corrected chi connectivity index (χ3v) is 7.01. The van der Waals surface area contributed by atoms with E-state index in [1.54, 1.807) is 0 Å². The summed E-state index contributed by atoms with van der Waals surface area (Å²) in [6, 6.07) is 28.6. The molecule has 0 unspecified atom stereocenters. The van der Waals surface area contributed by atoms with Crippen LogP contribution in [0.15, 0.2) is 97.3 Å². The SMILES string of the molecule is CC(C(=O)N1CCOC[C@@H](Cc2cncc3ccccc23)C1)(c1ccccc1)c1ccccc1. The summed E-state index contributed by atoms with van der Waals surface area (Å²) in [6.45, 7) is 4.50. The van der Waals surface area contributed by atoms with E-state index in [4.69, 9.17) is 4.74 Å². The molecule has 4 heteroatoms. The van der Waals surface area contributed by atoms with Crippen molar-refractivity contribution < 1.29 is 9.53 Å². The first-order chi connectivity index (χ1) is 16.7. The summed E-state index contributed by atoms with van der Waals surface area (Å²) in [5, 5.41) is 2.36. The lowest BCUT2D eigenvalue weighted by molar-refractivity contribution is -0.135. The van der Waals surface area contributed by atoms with Crippen molar-refractivity contribution in [1.82, 2.24) is 9.88 Å². The molecule has 1 amide bonds. The minimum atomic E-state index is -0.765. The van der Waals surface area contributed by atoms with Crippen LogP contribution in [0.3, 0.4) is 0 Å². The Kier molecular flexibility index (Phi) is 6.41. The van der Waals surface area contributed by atoms with Crippen LogP contribution in [-0.2, 0) is 21.4 Å². The summed E-state index contributed by atoms with van der Waals surface area (Å²) in [7, 11) is 0. The van der Waals surface area contributed by atoms with E-state index >= 15 is 0 Å². The second-order valence-corrected chi connectivity index (χ2v) is 9.27. The van der Waals surface area contributed by atoms with Crippen LogP contribution in [0.1, 0.15) is 23.6 Å². The van der Waals surface area contributed by atoms with Crippen LogP contribution in [0, 0.1) is 5.92 Å². The van der Waals surface area contributed by atoms with Crippen LogP contribution in [0.2, 0.25) is 0 Å². The van der Waals surface area contributed by atoms with Gasteiger partial charge in [-0.3, -0.25) is 9.78 Å². The zero-order valence-electron chi connectivity index (χ0n) is 19.6. The molecule has 3 aromatic carbocycles. The first-order valence-corrected chi connectivity index (χ1v) is 12.0. The number of benzene rings is 3. The number of hydrogen-bond donors (Lipinski definition) is 0. The average Bonchev–Trinajstić information content (AvgIpc) is 3.14. The molecule has 1 atom stereocenters. The van der Waals surface area contributed by atoms with E-state index < -0.39 is 5.41 Å². The lowest BCUT2D eigenvalue weighted by atomic mass is 9.75. The number of hydrogen-bond acceptors (Lipinski definition) is 3. The lowest BCUT2D eigenvalue weighted by Crippen LogP contribution is -2.48.